The van der Waals surface area contributed by atoms with Crippen LogP contribution in [0.4, 0.5) is 0 Å². The third kappa shape index (κ3) is 3.54. The van der Waals surface area contributed by atoms with Gasteiger partial charge >= 0.3 is 5.97 Å². The maximum absolute atomic E-state index is 10.4. The van der Waals surface area contributed by atoms with Gasteiger partial charge in [-0.25, -0.2) is 4.98 Å². The number of rotatable bonds is 6. The van der Waals surface area contributed by atoms with E-state index >= 15 is 0 Å². The number of aromatic amines is 1. The fourth-order valence-corrected chi connectivity index (χ4v) is 1.89. The van der Waals surface area contributed by atoms with Crippen LogP contribution in [0.3, 0.4) is 0 Å². The van der Waals surface area contributed by atoms with Gasteiger partial charge in [-0.05, 0) is 17.7 Å². The molecule has 2 rings (SSSR count). The maximum atomic E-state index is 10.4. The average molecular weight is 261 g/mol. The highest BCUT2D eigenvalue weighted by atomic mass is 16.4. The van der Waals surface area contributed by atoms with Crippen molar-refractivity contribution in [1.29, 1.82) is 0 Å². The number of aliphatic carboxylic acids is 1. The molecule has 102 valence electrons. The third-order valence-corrected chi connectivity index (χ3v) is 2.96. The number of carboxylic acids is 1. The van der Waals surface area contributed by atoms with Crippen molar-refractivity contribution in [1.82, 2.24) is 15.3 Å². The largest absolute Gasteiger partial charge is 0.481 e. The fourth-order valence-electron chi connectivity index (χ4n) is 1.89. The first-order chi connectivity index (χ1) is 9.06. The Kier molecular flexibility index (Phi) is 4.16. The smallest absolute Gasteiger partial charge is 0.304 e. The van der Waals surface area contributed by atoms with Crippen molar-refractivity contribution in [2.24, 2.45) is 0 Å². The number of nitrogens with zero attached hydrogens (tertiary/aromatic N) is 1. The Hall–Kier alpha value is -1.88. The highest BCUT2D eigenvalue weighted by molar-refractivity contribution is 5.76. The van der Waals surface area contributed by atoms with Crippen LogP contribution in [-0.4, -0.2) is 27.6 Å². The van der Waals surface area contributed by atoms with Gasteiger partial charge in [0.1, 0.15) is 5.82 Å². The van der Waals surface area contributed by atoms with E-state index < -0.39 is 5.97 Å². The molecule has 0 fully saturated rings. The molecule has 0 aliphatic rings. The lowest BCUT2D eigenvalue weighted by atomic mass is 10.2. The summed E-state index contributed by atoms with van der Waals surface area (Å²) in [5, 5.41) is 11.7. The summed E-state index contributed by atoms with van der Waals surface area (Å²) in [5.41, 5.74) is 3.12. The van der Waals surface area contributed by atoms with Crippen LogP contribution in [0.1, 0.15) is 37.6 Å². The number of nitrogens with one attached hydrogen (secondary N) is 2. The minimum absolute atomic E-state index is 0.143. The molecule has 0 amide bonds. The van der Waals surface area contributed by atoms with Gasteiger partial charge in [0, 0.05) is 19.0 Å². The van der Waals surface area contributed by atoms with Crippen LogP contribution in [0.5, 0.6) is 0 Å². The zero-order chi connectivity index (χ0) is 13.8. The fraction of sp³-hybridized carbons (Fsp3) is 0.429. The summed E-state index contributed by atoms with van der Waals surface area (Å²) >= 11 is 0. The number of hydrogen-bond acceptors (Lipinski definition) is 3. The Balaban J connectivity index is 2.02. The van der Waals surface area contributed by atoms with E-state index in [1.165, 1.54) is 0 Å². The van der Waals surface area contributed by atoms with E-state index in [1.54, 1.807) is 0 Å². The average Bonchev–Trinajstić information content (AvgIpc) is 2.77. The molecule has 0 spiro atoms. The molecular formula is C14H19N3O2. The lowest BCUT2D eigenvalue weighted by molar-refractivity contribution is -0.136. The van der Waals surface area contributed by atoms with Crippen molar-refractivity contribution >= 4 is 17.0 Å². The number of aromatic nitrogens is 2. The molecule has 2 aromatic rings. The lowest BCUT2D eigenvalue weighted by Crippen LogP contribution is -2.17. The number of carbonyl (C=O) groups is 1. The first kappa shape index (κ1) is 13.5. The summed E-state index contributed by atoms with van der Waals surface area (Å²) in [6, 6.07) is 6.06. The molecule has 1 aromatic heterocycles. The number of fused-ring (bicyclic) bond motifs is 1. The quantitative estimate of drug-likeness (QED) is 0.697. The number of hydrogen-bond donors (Lipinski definition) is 3. The van der Waals surface area contributed by atoms with Crippen LogP contribution < -0.4 is 5.32 Å². The predicted molar refractivity (Wildman–Crippen MR) is 74.1 cm³/mol. The van der Waals surface area contributed by atoms with E-state index in [0.29, 0.717) is 19.0 Å². The van der Waals surface area contributed by atoms with Crippen molar-refractivity contribution in [3.63, 3.8) is 0 Å². The second kappa shape index (κ2) is 5.84. The van der Waals surface area contributed by atoms with Crippen LogP contribution in [0.2, 0.25) is 0 Å². The first-order valence-corrected chi connectivity index (χ1v) is 6.47. The zero-order valence-corrected chi connectivity index (χ0v) is 11.2. The topological polar surface area (TPSA) is 78.0 Å². The van der Waals surface area contributed by atoms with E-state index in [9.17, 15) is 4.79 Å². The standard InChI is InChI=1S/C14H19N3O2/c1-9(2)14-16-11-4-3-10(7-12(11)17-14)8-15-6-5-13(18)19/h3-4,7,9,15H,5-6,8H2,1-2H3,(H,16,17)(H,18,19). The molecule has 1 heterocycles. The van der Waals surface area contributed by atoms with Crippen LogP contribution in [-0.2, 0) is 11.3 Å². The van der Waals surface area contributed by atoms with Gasteiger partial charge in [0.05, 0.1) is 17.5 Å². The van der Waals surface area contributed by atoms with E-state index in [-0.39, 0.29) is 6.42 Å². The van der Waals surface area contributed by atoms with E-state index in [0.717, 1.165) is 22.4 Å². The summed E-state index contributed by atoms with van der Waals surface area (Å²) in [6.45, 7) is 5.35. The van der Waals surface area contributed by atoms with Crippen LogP contribution in [0.15, 0.2) is 18.2 Å². The molecule has 0 saturated carbocycles. The molecular weight excluding hydrogens is 242 g/mol. The summed E-state index contributed by atoms with van der Waals surface area (Å²) in [6.07, 6.45) is 0.143. The van der Waals surface area contributed by atoms with Crippen LogP contribution >= 0.6 is 0 Å². The maximum Gasteiger partial charge on any atom is 0.304 e. The van der Waals surface area contributed by atoms with E-state index in [2.05, 4.69) is 35.2 Å². The Bertz CT molecular complexity index is 575. The molecule has 0 aliphatic carbocycles. The molecule has 0 atom stereocenters. The Morgan fingerprint density at radius 2 is 2.26 bits per heavy atom. The van der Waals surface area contributed by atoms with Gasteiger partial charge in [-0.1, -0.05) is 19.9 Å². The monoisotopic (exact) mass is 261 g/mol. The molecule has 0 unspecified atom stereocenters. The number of benzene rings is 1. The zero-order valence-electron chi connectivity index (χ0n) is 11.2. The molecule has 1 aromatic carbocycles. The van der Waals surface area contributed by atoms with Crippen molar-refractivity contribution in [3.05, 3.63) is 29.6 Å². The molecule has 0 bridgehead atoms. The summed E-state index contributed by atoms with van der Waals surface area (Å²) < 4.78 is 0. The Morgan fingerprint density at radius 3 is 2.95 bits per heavy atom. The van der Waals surface area contributed by atoms with Crippen molar-refractivity contribution < 1.29 is 9.90 Å². The van der Waals surface area contributed by atoms with Crippen LogP contribution in [0, 0.1) is 0 Å². The van der Waals surface area contributed by atoms with Gasteiger partial charge in [-0.3, -0.25) is 4.79 Å². The molecule has 19 heavy (non-hydrogen) atoms. The van der Waals surface area contributed by atoms with Crippen LogP contribution in [0.25, 0.3) is 11.0 Å². The molecule has 0 saturated heterocycles. The summed E-state index contributed by atoms with van der Waals surface area (Å²) in [5.74, 6) is 0.591. The van der Waals surface area contributed by atoms with Gasteiger partial charge < -0.3 is 15.4 Å². The third-order valence-electron chi connectivity index (χ3n) is 2.96. The number of H-pyrrole nitrogens is 1. The van der Waals surface area contributed by atoms with Crippen molar-refractivity contribution in [2.75, 3.05) is 6.54 Å². The summed E-state index contributed by atoms with van der Waals surface area (Å²) in [4.78, 5) is 18.2. The van der Waals surface area contributed by atoms with E-state index in [1.807, 2.05) is 12.1 Å². The Labute approximate surface area is 112 Å². The van der Waals surface area contributed by atoms with Gasteiger partial charge in [0.25, 0.3) is 0 Å². The van der Waals surface area contributed by atoms with Gasteiger partial charge in [-0.2, -0.15) is 0 Å². The van der Waals surface area contributed by atoms with Gasteiger partial charge in [0.2, 0.25) is 0 Å². The molecule has 0 aliphatic heterocycles. The highest BCUT2D eigenvalue weighted by Crippen LogP contribution is 2.18. The molecule has 3 N–H and O–H groups in total. The van der Waals surface area contributed by atoms with E-state index in [4.69, 9.17) is 5.11 Å². The number of imidazole rings is 1. The van der Waals surface area contributed by atoms with Crippen molar-refractivity contribution in [3.8, 4) is 0 Å². The molecule has 0 radical (unpaired) electrons. The molecule has 5 nitrogen and oxygen atoms in total. The summed E-state index contributed by atoms with van der Waals surface area (Å²) in [7, 11) is 0. The first-order valence-electron chi connectivity index (χ1n) is 6.47. The molecule has 5 heteroatoms. The number of carboxylic acid groups (broad SMARTS) is 1. The Morgan fingerprint density at radius 1 is 1.47 bits per heavy atom. The van der Waals surface area contributed by atoms with Crippen molar-refractivity contribution in [2.45, 2.75) is 32.7 Å². The predicted octanol–water partition coefficient (Wildman–Crippen LogP) is 2.25. The van der Waals surface area contributed by atoms with Gasteiger partial charge in [-0.15, -0.1) is 0 Å². The lowest BCUT2D eigenvalue weighted by Gasteiger charge is -2.03. The van der Waals surface area contributed by atoms with Gasteiger partial charge in [0.15, 0.2) is 0 Å². The highest BCUT2D eigenvalue weighted by Gasteiger charge is 2.06. The SMILES string of the molecule is CC(C)c1nc2ccc(CNCCC(=O)O)cc2[nH]1. The second-order valence-electron chi connectivity index (χ2n) is 4.95. The normalized spacial score (nSPS) is 11.3. The minimum Gasteiger partial charge on any atom is -0.481 e. The second-order valence-corrected chi connectivity index (χ2v) is 4.95. The minimum atomic E-state index is -0.780.